The van der Waals surface area contributed by atoms with Gasteiger partial charge < -0.3 is 15.4 Å². The van der Waals surface area contributed by atoms with Crippen molar-refractivity contribution < 1.29 is 9.53 Å². The summed E-state index contributed by atoms with van der Waals surface area (Å²) in [5.41, 5.74) is 0.744. The van der Waals surface area contributed by atoms with Gasteiger partial charge in [-0.15, -0.1) is 0 Å². The Bertz CT molecular complexity index is 469. The number of hydrogen-bond acceptors (Lipinski definition) is 4. The highest BCUT2D eigenvalue weighted by atomic mass is 16.6. The van der Waals surface area contributed by atoms with Crippen LogP contribution < -0.4 is 10.6 Å². The second-order valence-electron chi connectivity index (χ2n) is 7.30. The van der Waals surface area contributed by atoms with Crippen LogP contribution in [0, 0.1) is 11.8 Å². The minimum absolute atomic E-state index is 0.251. The van der Waals surface area contributed by atoms with Crippen molar-refractivity contribution in [2.24, 2.45) is 11.8 Å². The highest BCUT2D eigenvalue weighted by Gasteiger charge is 2.19. The molecular weight excluding hydrogens is 290 g/mol. The van der Waals surface area contributed by atoms with Crippen LogP contribution >= 0.6 is 0 Å². The highest BCUT2D eigenvalue weighted by molar-refractivity contribution is 5.67. The van der Waals surface area contributed by atoms with Crippen molar-refractivity contribution in [1.82, 2.24) is 15.6 Å². The lowest BCUT2D eigenvalue weighted by Gasteiger charge is -2.25. The van der Waals surface area contributed by atoms with Crippen LogP contribution in [0.5, 0.6) is 0 Å². The minimum Gasteiger partial charge on any atom is -0.444 e. The zero-order valence-corrected chi connectivity index (χ0v) is 15.2. The lowest BCUT2D eigenvalue weighted by atomic mass is 9.95. The fraction of sp³-hybridized carbons (Fsp3) is 0.667. The summed E-state index contributed by atoms with van der Waals surface area (Å²) in [7, 11) is 0. The van der Waals surface area contributed by atoms with Gasteiger partial charge in [-0.25, -0.2) is 4.79 Å². The van der Waals surface area contributed by atoms with Crippen molar-refractivity contribution in [3.63, 3.8) is 0 Å². The lowest BCUT2D eigenvalue weighted by Crippen LogP contribution is -2.40. The first-order valence-corrected chi connectivity index (χ1v) is 8.29. The lowest BCUT2D eigenvalue weighted by molar-refractivity contribution is 0.0514. The van der Waals surface area contributed by atoms with Crippen LogP contribution in [0.15, 0.2) is 24.5 Å². The molecule has 130 valence electrons. The zero-order valence-electron chi connectivity index (χ0n) is 15.2. The molecule has 2 unspecified atom stereocenters. The molecule has 5 nitrogen and oxygen atoms in total. The third-order valence-electron chi connectivity index (χ3n) is 3.74. The molecule has 0 aromatic carbocycles. The van der Waals surface area contributed by atoms with Gasteiger partial charge in [0.25, 0.3) is 0 Å². The fourth-order valence-electron chi connectivity index (χ4n) is 2.17. The Morgan fingerprint density at radius 3 is 2.30 bits per heavy atom. The smallest absolute Gasteiger partial charge is 0.407 e. The molecule has 0 bridgehead atoms. The van der Waals surface area contributed by atoms with Crippen molar-refractivity contribution in [3.8, 4) is 0 Å². The normalized spacial score (nSPS) is 14.4. The number of ether oxygens (including phenoxy) is 1. The molecule has 2 atom stereocenters. The average Bonchev–Trinajstić information content (AvgIpc) is 2.45. The molecule has 2 N–H and O–H groups in total. The summed E-state index contributed by atoms with van der Waals surface area (Å²) in [6.07, 6.45) is 3.25. The number of hydrogen-bond donors (Lipinski definition) is 2. The largest absolute Gasteiger partial charge is 0.444 e. The molecule has 5 heteroatoms. The Morgan fingerprint density at radius 2 is 1.78 bits per heavy atom. The van der Waals surface area contributed by atoms with E-state index < -0.39 is 5.60 Å². The Labute approximate surface area is 140 Å². The molecule has 1 amide bonds. The SMILES string of the molecule is CC(NCC(CNC(=O)OC(C)(C)C)C(C)C)c1ccncc1. The van der Waals surface area contributed by atoms with E-state index in [1.54, 1.807) is 12.4 Å². The van der Waals surface area contributed by atoms with Crippen molar-refractivity contribution in [2.45, 2.75) is 53.2 Å². The van der Waals surface area contributed by atoms with Crippen molar-refractivity contribution in [3.05, 3.63) is 30.1 Å². The summed E-state index contributed by atoms with van der Waals surface area (Å²) in [5, 5.41) is 6.41. The van der Waals surface area contributed by atoms with Gasteiger partial charge in [-0.1, -0.05) is 13.8 Å². The number of alkyl carbamates (subject to hydrolysis) is 1. The number of nitrogens with one attached hydrogen (secondary N) is 2. The number of aromatic nitrogens is 1. The van der Waals surface area contributed by atoms with Gasteiger partial charge >= 0.3 is 6.09 Å². The van der Waals surface area contributed by atoms with Gasteiger partial charge in [-0.2, -0.15) is 0 Å². The molecule has 23 heavy (non-hydrogen) atoms. The molecule has 0 saturated heterocycles. The van der Waals surface area contributed by atoms with Crippen LogP contribution in [0.2, 0.25) is 0 Å². The number of carbonyl (C=O) groups excluding carboxylic acids is 1. The fourth-order valence-corrected chi connectivity index (χ4v) is 2.17. The van der Waals surface area contributed by atoms with Gasteiger partial charge in [0.05, 0.1) is 0 Å². The first-order chi connectivity index (χ1) is 10.7. The molecule has 0 aliphatic rings. The zero-order chi connectivity index (χ0) is 17.5. The molecule has 1 rings (SSSR count). The van der Waals surface area contributed by atoms with Crippen molar-refractivity contribution >= 4 is 6.09 Å². The number of pyridine rings is 1. The van der Waals surface area contributed by atoms with E-state index in [1.165, 1.54) is 5.56 Å². The molecule has 0 fully saturated rings. The Morgan fingerprint density at radius 1 is 1.17 bits per heavy atom. The topological polar surface area (TPSA) is 63.2 Å². The van der Waals surface area contributed by atoms with Gasteiger partial charge in [0.15, 0.2) is 0 Å². The van der Waals surface area contributed by atoms with E-state index in [-0.39, 0.29) is 12.1 Å². The Balaban J connectivity index is 2.45. The molecule has 0 spiro atoms. The average molecular weight is 321 g/mol. The number of nitrogens with zero attached hydrogens (tertiary/aromatic N) is 1. The van der Waals surface area contributed by atoms with Gasteiger partial charge in [-0.05, 0) is 57.2 Å². The van der Waals surface area contributed by atoms with Crippen LogP contribution in [-0.2, 0) is 4.74 Å². The van der Waals surface area contributed by atoms with Crippen LogP contribution in [0.1, 0.15) is 53.1 Å². The van der Waals surface area contributed by atoms with Crippen LogP contribution in [0.25, 0.3) is 0 Å². The summed E-state index contributed by atoms with van der Waals surface area (Å²) in [6.45, 7) is 13.5. The van der Waals surface area contributed by atoms with E-state index in [1.807, 2.05) is 32.9 Å². The highest BCUT2D eigenvalue weighted by Crippen LogP contribution is 2.14. The van der Waals surface area contributed by atoms with E-state index in [0.29, 0.717) is 18.4 Å². The van der Waals surface area contributed by atoms with Gasteiger partial charge in [0.1, 0.15) is 5.60 Å². The van der Waals surface area contributed by atoms with Gasteiger partial charge in [0, 0.05) is 31.5 Å². The molecule has 0 radical (unpaired) electrons. The van der Waals surface area contributed by atoms with Crippen LogP contribution in [0.3, 0.4) is 0 Å². The molecule has 0 aliphatic heterocycles. The summed E-state index contributed by atoms with van der Waals surface area (Å²) in [6, 6.07) is 4.28. The molecular formula is C18H31N3O2. The molecule has 0 aliphatic carbocycles. The van der Waals surface area contributed by atoms with E-state index in [2.05, 4.69) is 36.4 Å². The van der Waals surface area contributed by atoms with Gasteiger partial charge in [-0.3, -0.25) is 4.98 Å². The number of amides is 1. The van der Waals surface area contributed by atoms with Crippen LogP contribution in [0.4, 0.5) is 4.79 Å². The van der Waals surface area contributed by atoms with E-state index >= 15 is 0 Å². The Hall–Kier alpha value is -1.62. The van der Waals surface area contributed by atoms with E-state index in [9.17, 15) is 4.79 Å². The first-order valence-electron chi connectivity index (χ1n) is 8.29. The number of carbonyl (C=O) groups is 1. The minimum atomic E-state index is -0.467. The monoisotopic (exact) mass is 321 g/mol. The summed E-state index contributed by atoms with van der Waals surface area (Å²) in [4.78, 5) is 15.8. The maximum absolute atomic E-state index is 11.8. The third kappa shape index (κ3) is 7.98. The Kier molecular flexibility index (Phi) is 7.49. The number of rotatable bonds is 7. The molecule has 1 heterocycles. The first kappa shape index (κ1) is 19.4. The van der Waals surface area contributed by atoms with Crippen molar-refractivity contribution in [1.29, 1.82) is 0 Å². The third-order valence-corrected chi connectivity index (χ3v) is 3.74. The predicted molar refractivity (Wildman–Crippen MR) is 93.2 cm³/mol. The second-order valence-corrected chi connectivity index (χ2v) is 7.30. The van der Waals surface area contributed by atoms with E-state index in [0.717, 1.165) is 6.54 Å². The maximum atomic E-state index is 11.8. The summed E-state index contributed by atoms with van der Waals surface area (Å²) >= 11 is 0. The molecule has 1 aromatic heterocycles. The standard InChI is InChI=1S/C18H31N3O2/c1-13(2)16(12-21-17(22)23-18(4,5)6)11-20-14(3)15-7-9-19-10-8-15/h7-10,13-14,16,20H,11-12H2,1-6H3,(H,21,22). The quantitative estimate of drug-likeness (QED) is 0.806. The maximum Gasteiger partial charge on any atom is 0.407 e. The molecule has 0 saturated carbocycles. The predicted octanol–water partition coefficient (Wildman–Crippen LogP) is 3.53. The van der Waals surface area contributed by atoms with Crippen molar-refractivity contribution in [2.75, 3.05) is 13.1 Å². The van der Waals surface area contributed by atoms with Crippen LogP contribution in [-0.4, -0.2) is 29.8 Å². The second kappa shape index (κ2) is 8.87. The van der Waals surface area contributed by atoms with E-state index in [4.69, 9.17) is 4.74 Å². The summed E-state index contributed by atoms with van der Waals surface area (Å²) < 4.78 is 5.29. The summed E-state index contributed by atoms with van der Waals surface area (Å²) in [5.74, 6) is 0.800. The molecule has 1 aromatic rings. The van der Waals surface area contributed by atoms with Gasteiger partial charge in [0.2, 0.25) is 0 Å².